The molecule has 0 radical (unpaired) electrons. The van der Waals surface area contributed by atoms with Crippen LogP contribution in [-0.2, 0) is 14.4 Å². The Hall–Kier alpha value is -3.75. The molecule has 1 heterocycles. The van der Waals surface area contributed by atoms with Gasteiger partial charge in [-0.2, -0.15) is 0 Å². The first-order chi connectivity index (χ1) is 14.0. The number of nitrogens with one attached hydrogen (secondary N) is 3. The molecule has 3 N–H and O–H groups in total. The maximum atomic E-state index is 12.9. The fraction of sp³-hybridized carbons (Fsp3) is 0.250. The maximum Gasteiger partial charge on any atom is 0.251 e. The largest absolute Gasteiger partial charge is 0.497 e. The zero-order valence-electron chi connectivity index (χ0n) is 16.0. The molecule has 1 atom stereocenters. The SMILES string of the molecule is COc1ccc([C@H](NC(=O)CNC(C)=O)C(=O)Nc2ccc3c(c2)OCO3)cc1. The Balaban J connectivity index is 1.77. The normalized spacial score (nSPS) is 12.6. The van der Waals surface area contributed by atoms with E-state index < -0.39 is 17.9 Å². The van der Waals surface area contributed by atoms with Gasteiger partial charge in [-0.1, -0.05) is 12.1 Å². The van der Waals surface area contributed by atoms with Gasteiger partial charge in [0.1, 0.15) is 11.8 Å². The van der Waals surface area contributed by atoms with Gasteiger partial charge < -0.3 is 30.2 Å². The van der Waals surface area contributed by atoms with E-state index in [1.54, 1.807) is 42.5 Å². The molecule has 3 rings (SSSR count). The standard InChI is InChI=1S/C20H21N3O6/c1-12(24)21-10-18(25)23-19(13-3-6-15(27-2)7-4-13)20(26)22-14-5-8-16-17(9-14)29-11-28-16/h3-9,19H,10-11H2,1-2H3,(H,21,24)(H,22,26)(H,23,25)/t19-/m0/s1. The summed E-state index contributed by atoms with van der Waals surface area (Å²) in [6, 6.07) is 10.8. The molecule has 0 spiro atoms. The quantitative estimate of drug-likeness (QED) is 0.648. The molecule has 2 aromatic rings. The molecule has 0 unspecified atom stereocenters. The average molecular weight is 399 g/mol. The van der Waals surface area contributed by atoms with E-state index in [9.17, 15) is 14.4 Å². The van der Waals surface area contributed by atoms with E-state index in [2.05, 4.69) is 16.0 Å². The molecule has 2 aromatic carbocycles. The molecule has 9 heteroatoms. The number of fused-ring (bicyclic) bond motifs is 1. The molecule has 9 nitrogen and oxygen atoms in total. The predicted octanol–water partition coefficient (Wildman–Crippen LogP) is 1.36. The molecule has 0 bridgehead atoms. The molecule has 3 amide bonds. The fourth-order valence-electron chi connectivity index (χ4n) is 2.70. The Labute approximate surface area is 167 Å². The summed E-state index contributed by atoms with van der Waals surface area (Å²) in [6.07, 6.45) is 0. The van der Waals surface area contributed by atoms with E-state index in [-0.39, 0.29) is 19.2 Å². The summed E-state index contributed by atoms with van der Waals surface area (Å²) in [6.45, 7) is 1.19. The average Bonchev–Trinajstić information content (AvgIpc) is 3.18. The summed E-state index contributed by atoms with van der Waals surface area (Å²) in [5.74, 6) is 0.447. The third-order valence-electron chi connectivity index (χ3n) is 4.15. The van der Waals surface area contributed by atoms with Crippen LogP contribution in [-0.4, -0.2) is 38.2 Å². The third-order valence-corrected chi connectivity index (χ3v) is 4.15. The molecule has 0 aliphatic carbocycles. The van der Waals surface area contributed by atoms with E-state index in [4.69, 9.17) is 14.2 Å². The molecule has 0 saturated heterocycles. The van der Waals surface area contributed by atoms with Crippen molar-refractivity contribution in [3.63, 3.8) is 0 Å². The number of anilines is 1. The lowest BCUT2D eigenvalue weighted by atomic mass is 10.1. The van der Waals surface area contributed by atoms with Crippen molar-refractivity contribution in [1.82, 2.24) is 10.6 Å². The van der Waals surface area contributed by atoms with Gasteiger partial charge in [0, 0.05) is 18.7 Å². The summed E-state index contributed by atoms with van der Waals surface area (Å²) >= 11 is 0. The van der Waals surface area contributed by atoms with Crippen molar-refractivity contribution in [3.05, 3.63) is 48.0 Å². The summed E-state index contributed by atoms with van der Waals surface area (Å²) < 4.78 is 15.7. The highest BCUT2D eigenvalue weighted by atomic mass is 16.7. The number of amides is 3. The number of benzene rings is 2. The van der Waals surface area contributed by atoms with Gasteiger partial charge in [-0.15, -0.1) is 0 Å². The molecule has 0 saturated carbocycles. The van der Waals surface area contributed by atoms with Gasteiger partial charge in [0.15, 0.2) is 11.5 Å². The van der Waals surface area contributed by atoms with Crippen LogP contribution in [0.4, 0.5) is 5.69 Å². The first-order valence-electron chi connectivity index (χ1n) is 8.84. The predicted molar refractivity (Wildman–Crippen MR) is 104 cm³/mol. The summed E-state index contributed by atoms with van der Waals surface area (Å²) in [7, 11) is 1.54. The Morgan fingerprint density at radius 1 is 1.07 bits per heavy atom. The van der Waals surface area contributed by atoms with Crippen LogP contribution < -0.4 is 30.2 Å². The lowest BCUT2D eigenvalue weighted by Crippen LogP contribution is -2.42. The molecular weight excluding hydrogens is 378 g/mol. The smallest absolute Gasteiger partial charge is 0.251 e. The summed E-state index contributed by atoms with van der Waals surface area (Å²) in [4.78, 5) is 36.2. The first-order valence-corrected chi connectivity index (χ1v) is 8.84. The number of hydrogen-bond donors (Lipinski definition) is 3. The number of ether oxygens (including phenoxy) is 3. The van der Waals surface area contributed by atoms with Gasteiger partial charge in [-0.3, -0.25) is 14.4 Å². The highest BCUT2D eigenvalue weighted by molar-refractivity contribution is 5.98. The topological polar surface area (TPSA) is 115 Å². The molecule has 0 aromatic heterocycles. The maximum absolute atomic E-state index is 12.9. The van der Waals surface area contributed by atoms with Crippen molar-refractivity contribution < 1.29 is 28.6 Å². The Morgan fingerprint density at radius 3 is 2.48 bits per heavy atom. The number of carbonyl (C=O) groups excluding carboxylic acids is 3. The lowest BCUT2D eigenvalue weighted by Gasteiger charge is -2.19. The van der Waals surface area contributed by atoms with Crippen LogP contribution in [0.1, 0.15) is 18.5 Å². The Kier molecular flexibility index (Phi) is 6.18. The number of rotatable bonds is 7. The van der Waals surface area contributed by atoms with E-state index >= 15 is 0 Å². The van der Waals surface area contributed by atoms with Crippen molar-refractivity contribution in [2.24, 2.45) is 0 Å². The Morgan fingerprint density at radius 2 is 1.79 bits per heavy atom. The Bertz CT molecular complexity index is 913. The highest BCUT2D eigenvalue weighted by Gasteiger charge is 2.24. The second-order valence-corrected chi connectivity index (χ2v) is 6.24. The van der Waals surface area contributed by atoms with Gasteiger partial charge in [0.2, 0.25) is 18.6 Å². The van der Waals surface area contributed by atoms with Crippen LogP contribution in [0.25, 0.3) is 0 Å². The zero-order valence-corrected chi connectivity index (χ0v) is 16.0. The van der Waals surface area contributed by atoms with E-state index in [1.165, 1.54) is 14.0 Å². The summed E-state index contributed by atoms with van der Waals surface area (Å²) in [5.41, 5.74) is 1.05. The van der Waals surface area contributed by atoms with E-state index in [0.29, 0.717) is 28.5 Å². The number of methoxy groups -OCH3 is 1. The van der Waals surface area contributed by atoms with E-state index in [1.807, 2.05) is 0 Å². The van der Waals surface area contributed by atoms with Crippen LogP contribution in [0, 0.1) is 0 Å². The molecule has 29 heavy (non-hydrogen) atoms. The van der Waals surface area contributed by atoms with Crippen molar-refractivity contribution in [3.8, 4) is 17.2 Å². The minimum Gasteiger partial charge on any atom is -0.497 e. The molecule has 1 aliphatic rings. The molecule has 1 aliphatic heterocycles. The van der Waals surface area contributed by atoms with Crippen molar-refractivity contribution >= 4 is 23.4 Å². The highest BCUT2D eigenvalue weighted by Crippen LogP contribution is 2.34. The third kappa shape index (κ3) is 5.16. The second-order valence-electron chi connectivity index (χ2n) is 6.24. The van der Waals surface area contributed by atoms with Crippen LogP contribution in [0.15, 0.2) is 42.5 Å². The minimum absolute atomic E-state index is 0.125. The van der Waals surface area contributed by atoms with Gasteiger partial charge in [-0.25, -0.2) is 0 Å². The second kappa shape index (κ2) is 8.96. The fourth-order valence-corrected chi connectivity index (χ4v) is 2.70. The summed E-state index contributed by atoms with van der Waals surface area (Å²) in [5, 5.41) is 7.80. The van der Waals surface area contributed by atoms with E-state index in [0.717, 1.165) is 0 Å². The minimum atomic E-state index is -0.979. The number of hydrogen-bond acceptors (Lipinski definition) is 6. The first kappa shape index (κ1) is 20.0. The van der Waals surface area contributed by atoms with Crippen molar-refractivity contribution in [2.45, 2.75) is 13.0 Å². The van der Waals surface area contributed by atoms with Gasteiger partial charge in [0.05, 0.1) is 13.7 Å². The van der Waals surface area contributed by atoms with Crippen LogP contribution >= 0.6 is 0 Å². The molecular formula is C20H21N3O6. The monoisotopic (exact) mass is 399 g/mol. The molecule has 152 valence electrons. The number of carbonyl (C=O) groups is 3. The van der Waals surface area contributed by atoms with Crippen LogP contribution in [0.5, 0.6) is 17.2 Å². The lowest BCUT2D eigenvalue weighted by molar-refractivity contribution is -0.127. The van der Waals surface area contributed by atoms with Crippen molar-refractivity contribution in [1.29, 1.82) is 0 Å². The van der Waals surface area contributed by atoms with Crippen molar-refractivity contribution in [2.75, 3.05) is 25.8 Å². The van der Waals surface area contributed by atoms with Gasteiger partial charge in [0.25, 0.3) is 5.91 Å². The van der Waals surface area contributed by atoms with Gasteiger partial charge in [-0.05, 0) is 29.8 Å². The molecule has 0 fully saturated rings. The van der Waals surface area contributed by atoms with Crippen LogP contribution in [0.2, 0.25) is 0 Å². The van der Waals surface area contributed by atoms with Crippen LogP contribution in [0.3, 0.4) is 0 Å². The van der Waals surface area contributed by atoms with Gasteiger partial charge >= 0.3 is 0 Å². The zero-order chi connectivity index (χ0) is 20.8.